The quantitative estimate of drug-likeness (QED) is 0.710. The molecular weight excluding hydrogens is 256 g/mol. The second-order valence-electron chi connectivity index (χ2n) is 5.81. The first-order valence-corrected chi connectivity index (χ1v) is 7.63. The summed E-state index contributed by atoms with van der Waals surface area (Å²) < 4.78 is 28.7. The molecule has 18 heavy (non-hydrogen) atoms. The summed E-state index contributed by atoms with van der Waals surface area (Å²) in [5, 5.41) is 9.08. The second kappa shape index (κ2) is 5.54. The largest absolute Gasteiger partial charge is 0.481 e. The van der Waals surface area contributed by atoms with Crippen LogP contribution in [0.15, 0.2) is 0 Å². The number of carboxylic acid groups (broad SMARTS) is 1. The van der Waals surface area contributed by atoms with Crippen molar-refractivity contribution in [2.45, 2.75) is 58.0 Å². The fraction of sp³-hybridized carbons (Fsp3) is 0.909. The third-order valence-electron chi connectivity index (χ3n) is 2.83. The zero-order chi connectivity index (χ0) is 14.0. The van der Waals surface area contributed by atoms with Gasteiger partial charge in [0.25, 0.3) is 10.2 Å². The first kappa shape index (κ1) is 15.4. The van der Waals surface area contributed by atoms with E-state index in [1.165, 1.54) is 0 Å². The summed E-state index contributed by atoms with van der Waals surface area (Å²) >= 11 is 0. The number of aliphatic carboxylic acids is 1. The predicted molar refractivity (Wildman–Crippen MR) is 68.3 cm³/mol. The van der Waals surface area contributed by atoms with Gasteiger partial charge in [0.2, 0.25) is 0 Å². The van der Waals surface area contributed by atoms with Gasteiger partial charge in [0, 0.05) is 11.6 Å². The Bertz CT molecular complexity index is 400. The van der Waals surface area contributed by atoms with Crippen LogP contribution in [0.2, 0.25) is 0 Å². The van der Waals surface area contributed by atoms with Crippen molar-refractivity contribution in [3.8, 4) is 0 Å². The van der Waals surface area contributed by atoms with E-state index >= 15 is 0 Å². The van der Waals surface area contributed by atoms with E-state index in [-0.39, 0.29) is 0 Å². The van der Waals surface area contributed by atoms with Crippen molar-refractivity contribution in [1.82, 2.24) is 9.44 Å². The molecular formula is C11H22N2O4S. The maximum Gasteiger partial charge on any atom is 0.308 e. The molecule has 3 N–H and O–H groups in total. The van der Waals surface area contributed by atoms with Crippen molar-refractivity contribution in [2.24, 2.45) is 5.92 Å². The minimum atomic E-state index is -3.67. The highest BCUT2D eigenvalue weighted by atomic mass is 32.2. The lowest BCUT2D eigenvalue weighted by molar-refractivity contribution is -0.143. The second-order valence-corrected chi connectivity index (χ2v) is 7.26. The number of nitrogens with one attached hydrogen (secondary N) is 2. The first-order valence-electron chi connectivity index (χ1n) is 6.15. The van der Waals surface area contributed by atoms with E-state index in [0.29, 0.717) is 12.8 Å². The van der Waals surface area contributed by atoms with E-state index in [9.17, 15) is 13.2 Å². The van der Waals surface area contributed by atoms with E-state index in [4.69, 9.17) is 5.11 Å². The standard InChI is InChI=1S/C11H22N2O4S/c1-11(2,3)13-18(16,17)12-9-7-5-4-6-8(9)10(14)15/h8-9,12-13H,4-7H2,1-3H3,(H,14,15). The van der Waals surface area contributed by atoms with Gasteiger partial charge in [-0.25, -0.2) is 0 Å². The summed E-state index contributed by atoms with van der Waals surface area (Å²) in [6.07, 6.45) is 2.79. The minimum Gasteiger partial charge on any atom is -0.481 e. The van der Waals surface area contributed by atoms with E-state index < -0.39 is 33.7 Å². The van der Waals surface area contributed by atoms with Gasteiger partial charge in [-0.1, -0.05) is 12.8 Å². The molecule has 106 valence electrons. The Kier molecular flexibility index (Phi) is 4.74. The molecule has 0 bridgehead atoms. The topological polar surface area (TPSA) is 95.5 Å². The molecule has 0 spiro atoms. The number of hydrogen-bond acceptors (Lipinski definition) is 3. The summed E-state index contributed by atoms with van der Waals surface area (Å²) in [5.74, 6) is -1.56. The molecule has 1 fully saturated rings. The normalized spacial score (nSPS) is 25.9. The zero-order valence-corrected chi connectivity index (χ0v) is 11.9. The molecule has 2 atom stereocenters. The Hall–Kier alpha value is -0.660. The maximum absolute atomic E-state index is 11.9. The molecule has 1 aliphatic rings. The molecule has 0 saturated heterocycles. The molecule has 6 nitrogen and oxygen atoms in total. The van der Waals surface area contributed by atoms with Gasteiger partial charge >= 0.3 is 5.97 Å². The molecule has 1 aliphatic carbocycles. The van der Waals surface area contributed by atoms with E-state index in [0.717, 1.165) is 12.8 Å². The Morgan fingerprint density at radius 1 is 1.22 bits per heavy atom. The van der Waals surface area contributed by atoms with Crippen LogP contribution >= 0.6 is 0 Å². The molecule has 0 amide bonds. The fourth-order valence-electron chi connectivity index (χ4n) is 2.20. The highest BCUT2D eigenvalue weighted by Crippen LogP contribution is 2.25. The van der Waals surface area contributed by atoms with Gasteiger partial charge in [-0.3, -0.25) is 4.79 Å². The molecule has 0 aromatic heterocycles. The van der Waals surface area contributed by atoms with Gasteiger partial charge in [-0.05, 0) is 33.6 Å². The molecule has 0 radical (unpaired) electrons. The highest BCUT2D eigenvalue weighted by Gasteiger charge is 2.34. The third kappa shape index (κ3) is 4.91. The van der Waals surface area contributed by atoms with Crippen molar-refractivity contribution in [3.05, 3.63) is 0 Å². The van der Waals surface area contributed by atoms with Gasteiger partial charge in [-0.15, -0.1) is 0 Å². The van der Waals surface area contributed by atoms with Gasteiger partial charge in [-0.2, -0.15) is 17.9 Å². The van der Waals surface area contributed by atoms with E-state index in [2.05, 4.69) is 9.44 Å². The van der Waals surface area contributed by atoms with Gasteiger partial charge in [0.15, 0.2) is 0 Å². The monoisotopic (exact) mass is 278 g/mol. The molecule has 1 rings (SSSR count). The van der Waals surface area contributed by atoms with Crippen molar-refractivity contribution >= 4 is 16.2 Å². The van der Waals surface area contributed by atoms with Gasteiger partial charge < -0.3 is 5.11 Å². The molecule has 0 aromatic rings. The third-order valence-corrected chi connectivity index (χ3v) is 4.32. The van der Waals surface area contributed by atoms with Crippen LogP contribution < -0.4 is 9.44 Å². The summed E-state index contributed by atoms with van der Waals surface area (Å²) in [7, 11) is -3.67. The van der Waals surface area contributed by atoms with Crippen LogP contribution in [0, 0.1) is 5.92 Å². The minimum absolute atomic E-state index is 0.518. The number of carbonyl (C=O) groups is 1. The van der Waals surface area contributed by atoms with E-state index in [1.54, 1.807) is 20.8 Å². The Labute approximate surface area is 108 Å². The predicted octanol–water partition coefficient (Wildman–Crippen LogP) is 0.852. The highest BCUT2D eigenvalue weighted by molar-refractivity contribution is 7.87. The van der Waals surface area contributed by atoms with Crippen LogP contribution in [0.4, 0.5) is 0 Å². The van der Waals surface area contributed by atoms with Gasteiger partial charge in [0.1, 0.15) is 0 Å². The maximum atomic E-state index is 11.9. The molecule has 0 aliphatic heterocycles. The van der Waals surface area contributed by atoms with Crippen molar-refractivity contribution in [3.63, 3.8) is 0 Å². The smallest absolute Gasteiger partial charge is 0.308 e. The summed E-state index contributed by atoms with van der Waals surface area (Å²) in [6.45, 7) is 5.21. The molecule has 0 aromatic carbocycles. The first-order chi connectivity index (χ1) is 8.11. The average molecular weight is 278 g/mol. The molecule has 0 heterocycles. The van der Waals surface area contributed by atoms with Crippen LogP contribution in [0.5, 0.6) is 0 Å². The number of hydrogen-bond donors (Lipinski definition) is 3. The Balaban J connectivity index is 2.72. The summed E-state index contributed by atoms with van der Waals surface area (Å²) in [4.78, 5) is 11.1. The van der Waals surface area contributed by atoms with Crippen LogP contribution in [-0.2, 0) is 15.0 Å². The lowest BCUT2D eigenvalue weighted by atomic mass is 9.85. The summed E-state index contributed by atoms with van der Waals surface area (Å²) in [6, 6.07) is -0.518. The Morgan fingerprint density at radius 2 is 1.78 bits per heavy atom. The average Bonchev–Trinajstić information content (AvgIpc) is 2.13. The van der Waals surface area contributed by atoms with Crippen molar-refractivity contribution in [2.75, 3.05) is 0 Å². The van der Waals surface area contributed by atoms with Gasteiger partial charge in [0.05, 0.1) is 5.92 Å². The fourth-order valence-corrected chi connectivity index (χ4v) is 3.75. The lowest BCUT2D eigenvalue weighted by Gasteiger charge is -2.30. The van der Waals surface area contributed by atoms with Crippen LogP contribution in [0.3, 0.4) is 0 Å². The van der Waals surface area contributed by atoms with Crippen molar-refractivity contribution < 1.29 is 18.3 Å². The SMILES string of the molecule is CC(C)(C)NS(=O)(=O)NC1CCCCC1C(=O)O. The van der Waals surface area contributed by atoms with Crippen molar-refractivity contribution in [1.29, 1.82) is 0 Å². The van der Waals surface area contributed by atoms with Crippen LogP contribution in [0.1, 0.15) is 46.5 Å². The van der Waals surface area contributed by atoms with Crippen LogP contribution in [-0.4, -0.2) is 31.1 Å². The molecule has 2 unspecified atom stereocenters. The summed E-state index contributed by atoms with van der Waals surface area (Å²) in [5.41, 5.74) is -0.584. The lowest BCUT2D eigenvalue weighted by Crippen LogP contribution is -2.53. The molecule has 1 saturated carbocycles. The molecule has 7 heteroatoms. The van der Waals surface area contributed by atoms with E-state index in [1.807, 2.05) is 0 Å². The van der Waals surface area contributed by atoms with Crippen LogP contribution in [0.25, 0.3) is 0 Å². The number of carboxylic acids is 1. The zero-order valence-electron chi connectivity index (χ0n) is 11.1. The number of rotatable bonds is 4. The Morgan fingerprint density at radius 3 is 2.28 bits per heavy atom.